The van der Waals surface area contributed by atoms with Crippen molar-refractivity contribution in [2.24, 2.45) is 5.41 Å². The third kappa shape index (κ3) is 9.38. The number of aromatic nitrogens is 3. The molecule has 75 heavy (non-hydrogen) atoms. The highest BCUT2D eigenvalue weighted by molar-refractivity contribution is 5.99. The Labute approximate surface area is 442 Å². The van der Waals surface area contributed by atoms with Gasteiger partial charge >= 0.3 is 0 Å². The summed E-state index contributed by atoms with van der Waals surface area (Å²) < 4.78 is 2.27. The van der Waals surface area contributed by atoms with Crippen LogP contribution in [0.5, 0.6) is 5.75 Å². The minimum Gasteiger partial charge on any atom is -0.507 e. The Morgan fingerprint density at radius 3 is 1.49 bits per heavy atom. The lowest BCUT2D eigenvalue weighted by Gasteiger charge is -2.39. The minimum absolute atomic E-state index is 0.00141. The van der Waals surface area contributed by atoms with E-state index >= 15 is 0 Å². The molecule has 4 heteroatoms. The van der Waals surface area contributed by atoms with Gasteiger partial charge in [-0.2, -0.15) is 0 Å². The third-order valence-corrected chi connectivity index (χ3v) is 15.6. The number of phenols is 1. The summed E-state index contributed by atoms with van der Waals surface area (Å²) in [5.74, 6) is 0.801. The Bertz CT molecular complexity index is 3840. The number of rotatable bonds is 10. The maximum atomic E-state index is 12.8. The molecule has 0 unspecified atom stereocenters. The van der Waals surface area contributed by atoms with Crippen LogP contribution in [0, 0.1) is 5.41 Å². The zero-order valence-corrected chi connectivity index (χ0v) is 44.2. The molecule has 0 radical (unpaired) electrons. The molecule has 0 spiro atoms. The fourth-order valence-corrected chi connectivity index (χ4v) is 10.3. The monoisotopic (exact) mass is 973 g/mol. The number of imidazole rings is 1. The number of para-hydroxylation sites is 1. The van der Waals surface area contributed by atoms with Crippen LogP contribution < -0.4 is 0 Å². The number of aromatic hydroxyl groups is 1. The van der Waals surface area contributed by atoms with Gasteiger partial charge in [-0.25, -0.2) is 4.98 Å². The molecule has 0 saturated carbocycles. The fraction of sp³-hybridized carbons (Fsp3) is 0.155. The van der Waals surface area contributed by atoms with Crippen LogP contribution in [0.3, 0.4) is 0 Å². The van der Waals surface area contributed by atoms with E-state index in [4.69, 9.17) is 9.97 Å². The predicted octanol–water partition coefficient (Wildman–Crippen LogP) is 19.1. The van der Waals surface area contributed by atoms with Crippen LogP contribution in [0.1, 0.15) is 66.5 Å². The van der Waals surface area contributed by atoms with Crippen LogP contribution in [0.2, 0.25) is 0 Å². The Morgan fingerprint density at radius 1 is 0.373 bits per heavy atom. The highest BCUT2D eigenvalue weighted by atomic mass is 16.3. The molecule has 0 bridgehead atoms. The van der Waals surface area contributed by atoms with Crippen molar-refractivity contribution in [2.45, 2.75) is 66.2 Å². The second-order valence-electron chi connectivity index (χ2n) is 22.5. The molecule has 0 amide bonds. The van der Waals surface area contributed by atoms with Crippen LogP contribution in [-0.2, 0) is 10.8 Å². The van der Waals surface area contributed by atoms with Crippen molar-refractivity contribution in [3.8, 4) is 101 Å². The van der Waals surface area contributed by atoms with Gasteiger partial charge in [-0.3, -0.25) is 9.55 Å². The zero-order valence-electron chi connectivity index (χ0n) is 44.2. The Morgan fingerprint density at radius 2 is 0.893 bits per heavy atom. The minimum atomic E-state index is -0.105. The Balaban J connectivity index is 1.16. The summed E-state index contributed by atoms with van der Waals surface area (Å²) in [5, 5.41) is 12.8. The molecule has 368 valence electrons. The van der Waals surface area contributed by atoms with E-state index in [0.29, 0.717) is 11.4 Å². The summed E-state index contributed by atoms with van der Waals surface area (Å²) in [4.78, 5) is 10.8. The number of pyridine rings is 1. The molecule has 9 aromatic carbocycles. The molecule has 11 aromatic rings. The summed E-state index contributed by atoms with van der Waals surface area (Å²) in [6, 6.07) is 79.4. The van der Waals surface area contributed by atoms with Gasteiger partial charge in [-0.05, 0) is 138 Å². The quantitative estimate of drug-likeness (QED) is 0.149. The lowest BCUT2D eigenvalue weighted by atomic mass is 9.65. The molecule has 11 rings (SSSR count). The van der Waals surface area contributed by atoms with Gasteiger partial charge in [0.05, 0.1) is 28.0 Å². The normalized spacial score (nSPS) is 12.1. The van der Waals surface area contributed by atoms with E-state index in [1.807, 2.05) is 30.5 Å². The van der Waals surface area contributed by atoms with Gasteiger partial charge in [-0.15, -0.1) is 0 Å². The van der Waals surface area contributed by atoms with Crippen LogP contribution in [-0.4, -0.2) is 19.6 Å². The standard InChI is InChI=1S/C71H63N3O/c1-69(2,3)58-36-37-64(60(46-58)50-26-17-11-18-27-50)74-65-31-21-30-59(66(65)73-68(74)62-44-54(48-24-15-10-16-25-48)43-61(67(62)75)51-28-19-12-20-29-51)55-40-53(47-22-13-9-14-23-47)41-56(42-55)63-45-52(38-39-72-63)49-32-34-57(35-33-49)71(7,8)70(4,5)6/h9-46,75H,1-8H3. The lowest BCUT2D eigenvalue weighted by molar-refractivity contribution is 0.225. The van der Waals surface area contributed by atoms with Gasteiger partial charge in [0.15, 0.2) is 0 Å². The summed E-state index contributed by atoms with van der Waals surface area (Å²) in [6.45, 7) is 18.4. The smallest absolute Gasteiger partial charge is 0.149 e. The average Bonchev–Trinajstić information content (AvgIpc) is 3.84. The number of fused-ring (bicyclic) bond motifs is 1. The van der Waals surface area contributed by atoms with Gasteiger partial charge in [-0.1, -0.05) is 219 Å². The molecule has 4 nitrogen and oxygen atoms in total. The molecule has 0 saturated heterocycles. The molecular weight excluding hydrogens is 911 g/mol. The van der Waals surface area contributed by atoms with Crippen molar-refractivity contribution >= 4 is 11.0 Å². The second-order valence-corrected chi connectivity index (χ2v) is 22.5. The maximum absolute atomic E-state index is 12.8. The summed E-state index contributed by atoms with van der Waals surface area (Å²) in [6.07, 6.45) is 1.93. The first kappa shape index (κ1) is 48.7. The van der Waals surface area contributed by atoms with Crippen LogP contribution >= 0.6 is 0 Å². The third-order valence-electron chi connectivity index (χ3n) is 15.6. The van der Waals surface area contributed by atoms with Crippen molar-refractivity contribution in [1.82, 2.24) is 14.5 Å². The van der Waals surface area contributed by atoms with E-state index in [-0.39, 0.29) is 22.0 Å². The van der Waals surface area contributed by atoms with Gasteiger partial charge < -0.3 is 5.11 Å². The average molecular weight is 974 g/mol. The van der Waals surface area contributed by atoms with E-state index in [1.165, 1.54) is 11.1 Å². The Kier molecular flexibility index (Phi) is 12.6. The summed E-state index contributed by atoms with van der Waals surface area (Å²) in [7, 11) is 0. The first-order chi connectivity index (χ1) is 36.1. The number of hydrogen-bond donors (Lipinski definition) is 1. The second kappa shape index (κ2) is 19.3. The van der Waals surface area contributed by atoms with Crippen LogP contribution in [0.4, 0.5) is 0 Å². The summed E-state index contributed by atoms with van der Waals surface area (Å²) >= 11 is 0. The van der Waals surface area contributed by atoms with E-state index in [1.54, 1.807) is 0 Å². The SMILES string of the molecule is CC(C)(C)c1ccc(-n2c(-c3cc(-c4ccccc4)cc(-c4ccccc4)c3O)nc3c(-c4cc(-c5ccccc5)cc(-c5cc(-c6ccc(C(C)(C)C(C)(C)C)cc6)ccn5)c4)cccc32)c(-c2ccccc2)c1. The number of phenolic OH excluding ortho intramolecular Hbond substituents is 1. The maximum Gasteiger partial charge on any atom is 0.149 e. The van der Waals surface area contributed by atoms with Crippen molar-refractivity contribution in [2.75, 3.05) is 0 Å². The molecule has 0 aliphatic carbocycles. The lowest BCUT2D eigenvalue weighted by Crippen LogP contribution is -2.33. The molecule has 2 heterocycles. The molecule has 2 aromatic heterocycles. The van der Waals surface area contributed by atoms with Gasteiger partial charge in [0.25, 0.3) is 0 Å². The molecule has 0 aliphatic heterocycles. The number of nitrogens with zero attached hydrogens (tertiary/aromatic N) is 3. The van der Waals surface area contributed by atoms with E-state index in [0.717, 1.165) is 94.7 Å². The molecular formula is C71H63N3O. The predicted molar refractivity (Wildman–Crippen MR) is 315 cm³/mol. The van der Waals surface area contributed by atoms with Crippen molar-refractivity contribution in [1.29, 1.82) is 0 Å². The first-order valence-corrected chi connectivity index (χ1v) is 26.1. The molecule has 0 aliphatic rings. The van der Waals surface area contributed by atoms with E-state index < -0.39 is 0 Å². The van der Waals surface area contributed by atoms with Gasteiger partial charge in [0, 0.05) is 28.5 Å². The van der Waals surface area contributed by atoms with Gasteiger partial charge in [0.1, 0.15) is 11.6 Å². The molecule has 0 fully saturated rings. The topological polar surface area (TPSA) is 50.9 Å². The number of benzene rings is 9. The highest BCUT2D eigenvalue weighted by Gasteiger charge is 2.34. The molecule has 0 atom stereocenters. The van der Waals surface area contributed by atoms with Gasteiger partial charge in [0.2, 0.25) is 0 Å². The van der Waals surface area contributed by atoms with Crippen molar-refractivity contribution in [3.63, 3.8) is 0 Å². The number of hydrogen-bond acceptors (Lipinski definition) is 3. The Hall–Kier alpha value is -8.60. The fourth-order valence-electron chi connectivity index (χ4n) is 10.3. The van der Waals surface area contributed by atoms with Crippen molar-refractivity contribution < 1.29 is 5.11 Å². The first-order valence-electron chi connectivity index (χ1n) is 26.1. The molecule has 1 N–H and O–H groups in total. The summed E-state index contributed by atoms with van der Waals surface area (Å²) in [5.41, 5.74) is 20.0. The zero-order chi connectivity index (χ0) is 52.1. The highest BCUT2D eigenvalue weighted by Crippen LogP contribution is 2.47. The van der Waals surface area contributed by atoms with E-state index in [2.05, 4.69) is 260 Å². The van der Waals surface area contributed by atoms with Crippen LogP contribution in [0.25, 0.3) is 106 Å². The van der Waals surface area contributed by atoms with Crippen molar-refractivity contribution in [3.05, 3.63) is 242 Å². The largest absolute Gasteiger partial charge is 0.507 e. The van der Waals surface area contributed by atoms with Crippen LogP contribution in [0.15, 0.2) is 231 Å². The van der Waals surface area contributed by atoms with E-state index in [9.17, 15) is 5.11 Å².